The van der Waals surface area contributed by atoms with E-state index in [0.29, 0.717) is 22.2 Å². The molecule has 22 heavy (non-hydrogen) atoms. The molecule has 0 aliphatic heterocycles. The maximum atomic E-state index is 12.4. The molecule has 0 fully saturated rings. The van der Waals surface area contributed by atoms with Gasteiger partial charge in [-0.3, -0.25) is 9.89 Å². The van der Waals surface area contributed by atoms with Crippen LogP contribution in [0.1, 0.15) is 30.6 Å². The van der Waals surface area contributed by atoms with Crippen LogP contribution in [0.2, 0.25) is 5.02 Å². The van der Waals surface area contributed by atoms with E-state index < -0.39 is 0 Å². The Bertz CT molecular complexity index is 623. The van der Waals surface area contributed by atoms with Crippen LogP contribution in [0, 0.1) is 5.92 Å². The van der Waals surface area contributed by atoms with Crippen molar-refractivity contribution in [2.75, 3.05) is 6.61 Å². The molecule has 3 N–H and O–H groups in total. The highest BCUT2D eigenvalue weighted by Crippen LogP contribution is 2.23. The molecule has 1 amide bonds. The number of carbonyl (C=O) groups excluding carboxylic acids is 1. The third-order valence-corrected chi connectivity index (χ3v) is 3.58. The molecule has 2 aromatic rings. The fraction of sp³-hybridized carbons (Fsp3) is 0.375. The molecule has 1 aromatic carbocycles. The zero-order valence-electron chi connectivity index (χ0n) is 12.6. The summed E-state index contributed by atoms with van der Waals surface area (Å²) in [4.78, 5) is 12.4. The Hall–Kier alpha value is -1.85. The number of aliphatic hydroxyl groups is 1. The van der Waals surface area contributed by atoms with Crippen molar-refractivity contribution in [1.82, 2.24) is 15.5 Å². The number of amides is 1. The average Bonchev–Trinajstić information content (AvgIpc) is 2.96. The second kappa shape index (κ2) is 7.42. The van der Waals surface area contributed by atoms with Gasteiger partial charge in [0.1, 0.15) is 0 Å². The van der Waals surface area contributed by atoms with Crippen molar-refractivity contribution >= 4 is 17.5 Å². The Kier molecular flexibility index (Phi) is 5.57. The molecule has 0 aliphatic rings. The first-order valence-corrected chi connectivity index (χ1v) is 7.60. The summed E-state index contributed by atoms with van der Waals surface area (Å²) in [5.74, 6) is 0.135. The molecule has 0 saturated carbocycles. The van der Waals surface area contributed by atoms with Crippen LogP contribution in [0.15, 0.2) is 30.5 Å². The highest BCUT2D eigenvalue weighted by Gasteiger charge is 2.19. The molecule has 0 saturated heterocycles. The lowest BCUT2D eigenvalue weighted by atomic mass is 10.0. The van der Waals surface area contributed by atoms with Gasteiger partial charge in [0.05, 0.1) is 30.1 Å². The van der Waals surface area contributed by atoms with E-state index in [2.05, 4.69) is 15.5 Å². The first kappa shape index (κ1) is 16.5. The SMILES string of the molecule is CC(C)CC(CO)NC(=O)c1cn[nH]c1-c1ccc(Cl)cc1. The summed E-state index contributed by atoms with van der Waals surface area (Å²) >= 11 is 5.88. The number of aromatic nitrogens is 2. The summed E-state index contributed by atoms with van der Waals surface area (Å²) in [6.07, 6.45) is 2.21. The van der Waals surface area contributed by atoms with Gasteiger partial charge < -0.3 is 10.4 Å². The summed E-state index contributed by atoms with van der Waals surface area (Å²) < 4.78 is 0. The van der Waals surface area contributed by atoms with Crippen LogP contribution < -0.4 is 5.32 Å². The average molecular weight is 322 g/mol. The fourth-order valence-electron chi connectivity index (χ4n) is 2.31. The van der Waals surface area contributed by atoms with E-state index in [1.807, 2.05) is 26.0 Å². The van der Waals surface area contributed by atoms with Gasteiger partial charge in [0.15, 0.2) is 0 Å². The van der Waals surface area contributed by atoms with Crippen LogP contribution in [0.5, 0.6) is 0 Å². The monoisotopic (exact) mass is 321 g/mol. The summed E-state index contributed by atoms with van der Waals surface area (Å²) in [5.41, 5.74) is 1.91. The third-order valence-electron chi connectivity index (χ3n) is 3.33. The molecule has 1 atom stereocenters. The lowest BCUT2D eigenvalue weighted by Crippen LogP contribution is -2.38. The Labute approximate surface area is 134 Å². The fourth-order valence-corrected chi connectivity index (χ4v) is 2.43. The highest BCUT2D eigenvalue weighted by molar-refractivity contribution is 6.30. The van der Waals surface area contributed by atoms with E-state index in [0.717, 1.165) is 12.0 Å². The van der Waals surface area contributed by atoms with E-state index in [-0.39, 0.29) is 18.6 Å². The summed E-state index contributed by atoms with van der Waals surface area (Å²) in [7, 11) is 0. The molecular formula is C16H20ClN3O2. The first-order valence-electron chi connectivity index (χ1n) is 7.22. The lowest BCUT2D eigenvalue weighted by Gasteiger charge is -2.18. The van der Waals surface area contributed by atoms with E-state index in [1.165, 1.54) is 6.20 Å². The predicted octanol–water partition coefficient (Wildman–Crippen LogP) is 2.87. The first-order chi connectivity index (χ1) is 10.5. The molecule has 1 unspecified atom stereocenters. The maximum Gasteiger partial charge on any atom is 0.255 e. The van der Waals surface area contributed by atoms with Gasteiger partial charge in [0.2, 0.25) is 0 Å². The lowest BCUT2D eigenvalue weighted by molar-refractivity contribution is 0.0909. The zero-order valence-corrected chi connectivity index (χ0v) is 13.4. The zero-order chi connectivity index (χ0) is 16.1. The van der Waals surface area contributed by atoms with E-state index in [4.69, 9.17) is 11.6 Å². The van der Waals surface area contributed by atoms with Crippen molar-refractivity contribution in [2.45, 2.75) is 26.3 Å². The van der Waals surface area contributed by atoms with Gasteiger partial charge in [-0.15, -0.1) is 0 Å². The van der Waals surface area contributed by atoms with E-state index in [1.54, 1.807) is 12.1 Å². The molecule has 6 heteroatoms. The van der Waals surface area contributed by atoms with Gasteiger partial charge in [-0.2, -0.15) is 5.10 Å². The molecular weight excluding hydrogens is 302 g/mol. The van der Waals surface area contributed by atoms with Gasteiger partial charge in [-0.05, 0) is 24.5 Å². The molecule has 5 nitrogen and oxygen atoms in total. The van der Waals surface area contributed by atoms with Gasteiger partial charge in [0.25, 0.3) is 5.91 Å². The number of aliphatic hydroxyl groups excluding tert-OH is 1. The Morgan fingerprint density at radius 2 is 2.05 bits per heavy atom. The molecule has 1 heterocycles. The molecule has 118 valence electrons. The number of hydrogen-bond acceptors (Lipinski definition) is 3. The standard InChI is InChI=1S/C16H20ClN3O2/c1-10(2)7-13(9-21)19-16(22)14-8-18-20-15(14)11-3-5-12(17)6-4-11/h3-6,8,10,13,21H,7,9H2,1-2H3,(H,18,20)(H,19,22). The van der Waals surface area contributed by atoms with Crippen LogP contribution >= 0.6 is 11.6 Å². The van der Waals surface area contributed by atoms with Gasteiger partial charge in [-0.25, -0.2) is 0 Å². The third kappa shape index (κ3) is 4.08. The molecule has 0 spiro atoms. The Morgan fingerprint density at radius 1 is 1.36 bits per heavy atom. The summed E-state index contributed by atoms with van der Waals surface area (Å²) in [6, 6.07) is 6.90. The number of carbonyl (C=O) groups is 1. The number of benzene rings is 1. The van der Waals surface area contributed by atoms with Crippen LogP contribution in [0.25, 0.3) is 11.3 Å². The van der Waals surface area contributed by atoms with Crippen LogP contribution in [-0.4, -0.2) is 33.9 Å². The Balaban J connectivity index is 2.17. The van der Waals surface area contributed by atoms with Crippen LogP contribution in [0.4, 0.5) is 0 Å². The van der Waals surface area contributed by atoms with Crippen molar-refractivity contribution in [2.24, 2.45) is 5.92 Å². The van der Waals surface area contributed by atoms with Gasteiger partial charge >= 0.3 is 0 Å². The van der Waals surface area contributed by atoms with Crippen LogP contribution in [0.3, 0.4) is 0 Å². The molecule has 1 aromatic heterocycles. The summed E-state index contributed by atoms with van der Waals surface area (Å²) in [6.45, 7) is 4.01. The van der Waals surface area contributed by atoms with Crippen molar-refractivity contribution in [3.63, 3.8) is 0 Å². The van der Waals surface area contributed by atoms with Crippen molar-refractivity contribution in [1.29, 1.82) is 0 Å². The van der Waals surface area contributed by atoms with Gasteiger partial charge in [-0.1, -0.05) is 37.6 Å². The molecule has 2 rings (SSSR count). The predicted molar refractivity (Wildman–Crippen MR) is 86.8 cm³/mol. The number of nitrogens with zero attached hydrogens (tertiary/aromatic N) is 1. The Morgan fingerprint density at radius 3 is 2.64 bits per heavy atom. The minimum absolute atomic E-state index is 0.0853. The maximum absolute atomic E-state index is 12.4. The largest absolute Gasteiger partial charge is 0.394 e. The topological polar surface area (TPSA) is 78.0 Å². The number of H-pyrrole nitrogens is 1. The summed E-state index contributed by atoms with van der Waals surface area (Å²) in [5, 5.41) is 19.7. The number of nitrogens with one attached hydrogen (secondary N) is 2. The molecule has 0 radical (unpaired) electrons. The number of aromatic amines is 1. The smallest absolute Gasteiger partial charge is 0.255 e. The normalized spacial score (nSPS) is 12.4. The minimum atomic E-state index is -0.263. The number of hydrogen-bond donors (Lipinski definition) is 3. The quantitative estimate of drug-likeness (QED) is 0.765. The van der Waals surface area contributed by atoms with Crippen molar-refractivity contribution in [3.8, 4) is 11.3 Å². The number of halogens is 1. The second-order valence-electron chi connectivity index (χ2n) is 5.65. The molecule has 0 bridgehead atoms. The van der Waals surface area contributed by atoms with Crippen molar-refractivity contribution < 1.29 is 9.90 Å². The second-order valence-corrected chi connectivity index (χ2v) is 6.08. The molecule has 0 aliphatic carbocycles. The number of rotatable bonds is 6. The van der Waals surface area contributed by atoms with Gasteiger partial charge in [0, 0.05) is 10.6 Å². The highest BCUT2D eigenvalue weighted by atomic mass is 35.5. The van der Waals surface area contributed by atoms with Crippen molar-refractivity contribution in [3.05, 3.63) is 41.0 Å². The van der Waals surface area contributed by atoms with E-state index in [9.17, 15) is 9.90 Å². The minimum Gasteiger partial charge on any atom is -0.394 e. The van der Waals surface area contributed by atoms with E-state index >= 15 is 0 Å². The van der Waals surface area contributed by atoms with Crippen LogP contribution in [-0.2, 0) is 0 Å².